The molecule has 0 saturated heterocycles. The molecule has 3 N–H and O–H groups in total. The first kappa shape index (κ1) is 12.5. The van der Waals surface area contributed by atoms with Crippen LogP contribution < -0.4 is 5.32 Å². The molecule has 0 aromatic carbocycles. The highest BCUT2D eigenvalue weighted by Gasteiger charge is 2.33. The smallest absolute Gasteiger partial charge is 0.303 e. The second kappa shape index (κ2) is 6.08. The van der Waals surface area contributed by atoms with Crippen molar-refractivity contribution >= 4 is 5.97 Å². The number of unbranched alkanes of at least 4 members (excludes halogenated alkanes) is 2. The molecule has 0 aromatic rings. The largest absolute Gasteiger partial charge is 0.481 e. The molecule has 4 nitrogen and oxygen atoms in total. The highest BCUT2D eigenvalue weighted by Crippen LogP contribution is 2.30. The monoisotopic (exact) mass is 215 g/mol. The lowest BCUT2D eigenvalue weighted by Crippen LogP contribution is -2.46. The molecule has 0 aromatic heterocycles. The zero-order valence-corrected chi connectivity index (χ0v) is 9.17. The summed E-state index contributed by atoms with van der Waals surface area (Å²) in [6.45, 7) is 1.56. The van der Waals surface area contributed by atoms with Crippen molar-refractivity contribution in [1.29, 1.82) is 0 Å². The van der Waals surface area contributed by atoms with Crippen molar-refractivity contribution < 1.29 is 15.0 Å². The number of aliphatic hydroxyl groups is 1. The molecule has 1 saturated carbocycles. The van der Waals surface area contributed by atoms with E-state index < -0.39 is 11.6 Å². The van der Waals surface area contributed by atoms with Crippen molar-refractivity contribution in [2.24, 2.45) is 0 Å². The van der Waals surface area contributed by atoms with Gasteiger partial charge in [0.25, 0.3) is 0 Å². The molecular formula is C11H21NO3. The Bertz CT molecular complexity index is 202. The van der Waals surface area contributed by atoms with E-state index in [1.54, 1.807) is 0 Å². The fourth-order valence-corrected chi connectivity index (χ4v) is 1.79. The van der Waals surface area contributed by atoms with E-state index in [1.807, 2.05) is 0 Å². The third kappa shape index (κ3) is 5.14. The van der Waals surface area contributed by atoms with E-state index in [1.165, 1.54) is 0 Å². The minimum absolute atomic E-state index is 0.268. The van der Waals surface area contributed by atoms with Crippen LogP contribution in [0.3, 0.4) is 0 Å². The minimum Gasteiger partial charge on any atom is -0.481 e. The minimum atomic E-state index is -0.716. The van der Waals surface area contributed by atoms with Gasteiger partial charge in [-0.1, -0.05) is 6.42 Å². The highest BCUT2D eigenvalue weighted by molar-refractivity contribution is 5.66. The van der Waals surface area contributed by atoms with Crippen molar-refractivity contribution in [3.05, 3.63) is 0 Å². The lowest BCUT2D eigenvalue weighted by Gasteiger charge is -2.36. The van der Waals surface area contributed by atoms with E-state index in [0.29, 0.717) is 6.54 Å². The predicted molar refractivity (Wildman–Crippen MR) is 57.8 cm³/mol. The van der Waals surface area contributed by atoms with Gasteiger partial charge in [0.1, 0.15) is 0 Å². The van der Waals surface area contributed by atoms with Gasteiger partial charge < -0.3 is 15.5 Å². The lowest BCUT2D eigenvalue weighted by atomic mass is 9.80. The third-order valence-corrected chi connectivity index (χ3v) is 2.98. The number of rotatable bonds is 8. The van der Waals surface area contributed by atoms with E-state index in [-0.39, 0.29) is 6.42 Å². The maximum Gasteiger partial charge on any atom is 0.303 e. The first-order valence-corrected chi connectivity index (χ1v) is 5.77. The molecule has 0 unspecified atom stereocenters. The summed E-state index contributed by atoms with van der Waals surface area (Å²) in [5.41, 5.74) is -0.443. The van der Waals surface area contributed by atoms with Crippen LogP contribution in [0.1, 0.15) is 44.9 Å². The summed E-state index contributed by atoms with van der Waals surface area (Å²) in [7, 11) is 0. The Kier molecular flexibility index (Phi) is 5.05. The maximum absolute atomic E-state index is 10.2. The van der Waals surface area contributed by atoms with Crippen molar-refractivity contribution in [3.63, 3.8) is 0 Å². The molecule has 0 spiro atoms. The van der Waals surface area contributed by atoms with Crippen molar-refractivity contribution in [2.75, 3.05) is 13.1 Å². The molecule has 4 heteroatoms. The predicted octanol–water partition coefficient (Wildman–Crippen LogP) is 1.14. The molecular weight excluding hydrogens is 194 g/mol. The summed E-state index contributed by atoms with van der Waals surface area (Å²) in [5, 5.41) is 21.4. The zero-order chi connectivity index (χ0) is 11.1. The van der Waals surface area contributed by atoms with Gasteiger partial charge in [-0.15, -0.1) is 0 Å². The van der Waals surface area contributed by atoms with Crippen molar-refractivity contribution in [2.45, 2.75) is 50.5 Å². The van der Waals surface area contributed by atoms with Crippen LogP contribution in [-0.4, -0.2) is 34.9 Å². The summed E-state index contributed by atoms with van der Waals surface area (Å²) < 4.78 is 0. The number of nitrogens with one attached hydrogen (secondary N) is 1. The average Bonchev–Trinajstić information content (AvgIpc) is 2.13. The standard InChI is InChI=1S/C11H21NO3/c13-10(14)5-2-1-3-8-12-9-11(15)6-4-7-11/h12,15H,1-9H2,(H,13,14). The Morgan fingerprint density at radius 2 is 2.00 bits per heavy atom. The molecule has 0 bridgehead atoms. The SMILES string of the molecule is O=C(O)CCCCCNCC1(O)CCC1. The molecule has 1 rings (SSSR count). The van der Waals surface area contributed by atoms with Gasteiger partial charge in [0.15, 0.2) is 0 Å². The van der Waals surface area contributed by atoms with Gasteiger partial charge >= 0.3 is 5.97 Å². The van der Waals surface area contributed by atoms with Crippen molar-refractivity contribution in [3.8, 4) is 0 Å². The fourth-order valence-electron chi connectivity index (χ4n) is 1.79. The quantitative estimate of drug-likeness (QED) is 0.531. The van der Waals surface area contributed by atoms with Gasteiger partial charge in [-0.25, -0.2) is 0 Å². The van der Waals surface area contributed by atoms with Crippen LogP contribution in [0.15, 0.2) is 0 Å². The number of carboxylic acid groups (broad SMARTS) is 1. The van der Waals surface area contributed by atoms with Crippen LogP contribution >= 0.6 is 0 Å². The first-order valence-electron chi connectivity index (χ1n) is 5.77. The molecule has 1 aliphatic carbocycles. The van der Waals surface area contributed by atoms with Gasteiger partial charge in [-0.3, -0.25) is 4.79 Å². The van der Waals surface area contributed by atoms with Crippen molar-refractivity contribution in [1.82, 2.24) is 5.32 Å². The topological polar surface area (TPSA) is 69.6 Å². The molecule has 0 radical (unpaired) electrons. The summed E-state index contributed by atoms with van der Waals surface area (Å²) in [6.07, 6.45) is 5.92. The second-order valence-electron chi connectivity index (χ2n) is 4.46. The molecule has 15 heavy (non-hydrogen) atoms. The average molecular weight is 215 g/mol. The van der Waals surface area contributed by atoms with Gasteiger partial charge in [0.2, 0.25) is 0 Å². The van der Waals surface area contributed by atoms with E-state index in [2.05, 4.69) is 5.32 Å². The van der Waals surface area contributed by atoms with Crippen LogP contribution in [0, 0.1) is 0 Å². The third-order valence-electron chi connectivity index (χ3n) is 2.98. The normalized spacial score (nSPS) is 18.5. The molecule has 0 heterocycles. The van der Waals surface area contributed by atoms with Crippen LogP contribution in [-0.2, 0) is 4.79 Å². The Morgan fingerprint density at radius 1 is 1.27 bits per heavy atom. The van der Waals surface area contributed by atoms with Gasteiger partial charge in [-0.05, 0) is 38.6 Å². The first-order chi connectivity index (χ1) is 7.12. The number of carbonyl (C=O) groups is 1. The van der Waals surface area contributed by atoms with Gasteiger partial charge in [0, 0.05) is 13.0 Å². The van der Waals surface area contributed by atoms with E-state index in [4.69, 9.17) is 5.11 Å². The van der Waals surface area contributed by atoms with Gasteiger partial charge in [-0.2, -0.15) is 0 Å². The molecule has 1 aliphatic rings. The molecule has 88 valence electrons. The number of hydrogen-bond acceptors (Lipinski definition) is 3. The van der Waals surface area contributed by atoms with Crippen LogP contribution in [0.2, 0.25) is 0 Å². The highest BCUT2D eigenvalue weighted by atomic mass is 16.4. The van der Waals surface area contributed by atoms with Crippen LogP contribution in [0.25, 0.3) is 0 Å². The van der Waals surface area contributed by atoms with Gasteiger partial charge in [0.05, 0.1) is 5.60 Å². The summed E-state index contributed by atoms with van der Waals surface area (Å²) in [6, 6.07) is 0. The van der Waals surface area contributed by atoms with E-state index in [9.17, 15) is 9.90 Å². The summed E-state index contributed by atoms with van der Waals surface area (Å²) >= 11 is 0. The summed E-state index contributed by atoms with van der Waals surface area (Å²) in [5.74, 6) is -0.716. The maximum atomic E-state index is 10.2. The Hall–Kier alpha value is -0.610. The number of hydrogen-bond donors (Lipinski definition) is 3. The second-order valence-corrected chi connectivity index (χ2v) is 4.46. The van der Waals surface area contributed by atoms with E-state index in [0.717, 1.165) is 45.1 Å². The fraction of sp³-hybridized carbons (Fsp3) is 0.909. The molecule has 1 fully saturated rings. The number of aliphatic carboxylic acids is 1. The zero-order valence-electron chi connectivity index (χ0n) is 9.17. The Balaban J connectivity index is 1.83. The Labute approximate surface area is 90.7 Å². The van der Waals surface area contributed by atoms with Crippen LogP contribution in [0.4, 0.5) is 0 Å². The molecule has 0 aliphatic heterocycles. The summed E-state index contributed by atoms with van der Waals surface area (Å²) in [4.78, 5) is 10.2. The molecule has 0 atom stereocenters. The lowest BCUT2D eigenvalue weighted by molar-refractivity contribution is -0.137. The number of carboxylic acids is 1. The molecule has 0 amide bonds. The van der Waals surface area contributed by atoms with Crippen LogP contribution in [0.5, 0.6) is 0 Å². The Morgan fingerprint density at radius 3 is 2.53 bits per heavy atom. The van der Waals surface area contributed by atoms with E-state index >= 15 is 0 Å².